The summed E-state index contributed by atoms with van der Waals surface area (Å²) in [4.78, 5) is 17.0. The van der Waals surface area contributed by atoms with Crippen molar-refractivity contribution in [2.75, 3.05) is 49.7 Å². The molecule has 0 radical (unpaired) electrons. The van der Waals surface area contributed by atoms with Gasteiger partial charge in [-0.05, 0) is 25.0 Å². The van der Waals surface area contributed by atoms with E-state index in [0.717, 1.165) is 56.3 Å². The first-order chi connectivity index (χ1) is 10.8. The van der Waals surface area contributed by atoms with Crippen LogP contribution in [0.2, 0.25) is 0 Å². The number of nitrogens with zero attached hydrogens (tertiary/aromatic N) is 2. The molecule has 0 aliphatic carbocycles. The van der Waals surface area contributed by atoms with Crippen molar-refractivity contribution in [2.24, 2.45) is 5.92 Å². The molecular formula is C17H24N2O2S. The van der Waals surface area contributed by atoms with Crippen LogP contribution in [-0.4, -0.2) is 55.6 Å². The predicted octanol–water partition coefficient (Wildman–Crippen LogP) is 2.49. The van der Waals surface area contributed by atoms with E-state index >= 15 is 0 Å². The maximum Gasteiger partial charge on any atom is 0.225 e. The summed E-state index contributed by atoms with van der Waals surface area (Å²) in [5, 5.41) is 0. The van der Waals surface area contributed by atoms with Crippen LogP contribution < -0.4 is 9.64 Å². The maximum absolute atomic E-state index is 12.6. The number of methoxy groups -OCH3 is 1. The van der Waals surface area contributed by atoms with Crippen LogP contribution in [0.4, 0.5) is 5.69 Å². The lowest BCUT2D eigenvalue weighted by Crippen LogP contribution is -2.45. The molecule has 3 rings (SSSR count). The lowest BCUT2D eigenvalue weighted by atomic mass is 9.94. The minimum absolute atomic E-state index is 0.213. The van der Waals surface area contributed by atoms with Gasteiger partial charge in [0.15, 0.2) is 0 Å². The van der Waals surface area contributed by atoms with Crippen molar-refractivity contribution in [1.82, 2.24) is 4.90 Å². The van der Waals surface area contributed by atoms with E-state index in [1.54, 1.807) is 7.11 Å². The van der Waals surface area contributed by atoms with Crippen molar-refractivity contribution in [3.05, 3.63) is 24.3 Å². The molecule has 0 spiro atoms. The molecule has 5 heteroatoms. The summed E-state index contributed by atoms with van der Waals surface area (Å²) in [7, 11) is 1.70. The van der Waals surface area contributed by atoms with E-state index in [1.807, 2.05) is 23.9 Å². The van der Waals surface area contributed by atoms with Gasteiger partial charge in [0.2, 0.25) is 5.91 Å². The summed E-state index contributed by atoms with van der Waals surface area (Å²) in [5.41, 5.74) is 1.19. The van der Waals surface area contributed by atoms with E-state index in [1.165, 1.54) is 5.69 Å². The van der Waals surface area contributed by atoms with Crippen LogP contribution >= 0.6 is 11.8 Å². The van der Waals surface area contributed by atoms with Crippen LogP contribution in [0.5, 0.6) is 5.75 Å². The summed E-state index contributed by atoms with van der Waals surface area (Å²) in [6.07, 6.45) is 1.92. The van der Waals surface area contributed by atoms with Crippen molar-refractivity contribution in [2.45, 2.75) is 12.8 Å². The quantitative estimate of drug-likeness (QED) is 0.857. The fourth-order valence-corrected chi connectivity index (χ4v) is 4.14. The fourth-order valence-electron chi connectivity index (χ4n) is 3.23. The number of carbonyl (C=O) groups excluding carboxylic acids is 1. The Morgan fingerprint density at radius 3 is 2.59 bits per heavy atom. The smallest absolute Gasteiger partial charge is 0.225 e. The van der Waals surface area contributed by atoms with Gasteiger partial charge in [0.25, 0.3) is 0 Å². The maximum atomic E-state index is 12.6. The normalized spacial score (nSPS) is 20.0. The molecule has 0 unspecified atom stereocenters. The average Bonchev–Trinajstić information content (AvgIpc) is 2.62. The highest BCUT2D eigenvalue weighted by Gasteiger charge is 2.29. The van der Waals surface area contributed by atoms with Gasteiger partial charge in [-0.15, -0.1) is 0 Å². The summed E-state index contributed by atoms with van der Waals surface area (Å²) in [6, 6.07) is 8.18. The topological polar surface area (TPSA) is 32.8 Å². The first kappa shape index (κ1) is 15.5. The van der Waals surface area contributed by atoms with E-state index in [-0.39, 0.29) is 5.92 Å². The Balaban J connectivity index is 1.56. The lowest BCUT2D eigenvalue weighted by Gasteiger charge is -2.36. The third-order valence-corrected chi connectivity index (χ3v) is 5.53. The number of rotatable bonds is 3. The van der Waals surface area contributed by atoms with Gasteiger partial charge < -0.3 is 14.5 Å². The average molecular weight is 320 g/mol. The summed E-state index contributed by atoms with van der Waals surface area (Å²) >= 11 is 1.95. The van der Waals surface area contributed by atoms with E-state index < -0.39 is 0 Å². The number of anilines is 1. The third kappa shape index (κ3) is 3.51. The van der Waals surface area contributed by atoms with Gasteiger partial charge >= 0.3 is 0 Å². The molecule has 2 saturated heterocycles. The Morgan fingerprint density at radius 1 is 1.18 bits per heavy atom. The molecule has 2 aliphatic heterocycles. The molecule has 0 N–H and O–H groups in total. The number of hydrogen-bond donors (Lipinski definition) is 0. The number of carbonyl (C=O) groups is 1. The van der Waals surface area contributed by atoms with Gasteiger partial charge in [0.05, 0.1) is 7.11 Å². The largest absolute Gasteiger partial charge is 0.497 e. The lowest BCUT2D eigenvalue weighted by molar-refractivity contribution is -0.135. The molecule has 2 aliphatic rings. The van der Waals surface area contributed by atoms with Crippen molar-refractivity contribution < 1.29 is 9.53 Å². The Morgan fingerprint density at radius 2 is 1.91 bits per heavy atom. The first-order valence-corrected chi connectivity index (χ1v) is 9.19. The Labute approximate surface area is 136 Å². The van der Waals surface area contributed by atoms with E-state index in [4.69, 9.17) is 4.74 Å². The van der Waals surface area contributed by atoms with Gasteiger partial charge in [-0.3, -0.25) is 4.79 Å². The van der Waals surface area contributed by atoms with Crippen LogP contribution in [0.15, 0.2) is 24.3 Å². The number of hydrogen-bond acceptors (Lipinski definition) is 4. The molecule has 1 aromatic carbocycles. The Bertz CT molecular complexity index is 509. The van der Waals surface area contributed by atoms with Crippen LogP contribution in [0, 0.1) is 5.92 Å². The number of thioether (sulfide) groups is 1. The zero-order chi connectivity index (χ0) is 15.4. The Hall–Kier alpha value is -1.36. The van der Waals surface area contributed by atoms with Crippen LogP contribution in [0.1, 0.15) is 12.8 Å². The highest BCUT2D eigenvalue weighted by Crippen LogP contribution is 2.27. The number of piperidine rings is 1. The van der Waals surface area contributed by atoms with Gasteiger partial charge in [-0.1, -0.05) is 6.07 Å². The van der Waals surface area contributed by atoms with Gasteiger partial charge in [0.1, 0.15) is 5.75 Å². The standard InChI is InChI=1S/C17H24N2O2S/c1-21-16-4-2-3-15(13-16)18-7-5-14(6-8-18)17(20)19-9-11-22-12-10-19/h2-4,13-14H,5-12H2,1H3. The second-order valence-electron chi connectivity index (χ2n) is 5.90. The SMILES string of the molecule is COc1cccc(N2CCC(C(=O)N3CCSCC3)CC2)c1. The summed E-state index contributed by atoms with van der Waals surface area (Å²) in [6.45, 7) is 3.76. The summed E-state index contributed by atoms with van der Waals surface area (Å²) < 4.78 is 5.29. The Kier molecular flexibility index (Phi) is 5.13. The zero-order valence-electron chi connectivity index (χ0n) is 13.2. The van der Waals surface area contributed by atoms with Crippen molar-refractivity contribution in [3.63, 3.8) is 0 Å². The van der Waals surface area contributed by atoms with Crippen LogP contribution in [0.25, 0.3) is 0 Å². The van der Waals surface area contributed by atoms with Crippen LogP contribution in [0.3, 0.4) is 0 Å². The molecule has 1 amide bonds. The molecular weight excluding hydrogens is 296 g/mol. The minimum atomic E-state index is 0.213. The van der Waals surface area contributed by atoms with E-state index in [0.29, 0.717) is 5.91 Å². The summed E-state index contributed by atoms with van der Waals surface area (Å²) in [5.74, 6) is 3.67. The van der Waals surface area contributed by atoms with Gasteiger partial charge in [-0.25, -0.2) is 0 Å². The number of benzene rings is 1. The van der Waals surface area contributed by atoms with E-state index in [2.05, 4.69) is 21.9 Å². The fraction of sp³-hybridized carbons (Fsp3) is 0.588. The second-order valence-corrected chi connectivity index (χ2v) is 7.13. The molecule has 4 nitrogen and oxygen atoms in total. The zero-order valence-corrected chi connectivity index (χ0v) is 14.0. The second kappa shape index (κ2) is 7.27. The van der Waals surface area contributed by atoms with E-state index in [9.17, 15) is 4.79 Å². The van der Waals surface area contributed by atoms with Crippen LogP contribution in [-0.2, 0) is 4.79 Å². The molecule has 0 aromatic heterocycles. The predicted molar refractivity (Wildman–Crippen MR) is 91.8 cm³/mol. The van der Waals surface area contributed by atoms with Gasteiger partial charge in [-0.2, -0.15) is 11.8 Å². The van der Waals surface area contributed by atoms with Crippen molar-refractivity contribution in [1.29, 1.82) is 0 Å². The molecule has 2 heterocycles. The molecule has 0 bridgehead atoms. The number of amides is 1. The molecule has 0 saturated carbocycles. The highest BCUT2D eigenvalue weighted by molar-refractivity contribution is 7.99. The molecule has 0 atom stereocenters. The molecule has 120 valence electrons. The highest BCUT2D eigenvalue weighted by atomic mass is 32.2. The van der Waals surface area contributed by atoms with Crippen molar-refractivity contribution >= 4 is 23.4 Å². The third-order valence-electron chi connectivity index (χ3n) is 4.59. The van der Waals surface area contributed by atoms with Crippen molar-refractivity contribution in [3.8, 4) is 5.75 Å². The first-order valence-electron chi connectivity index (χ1n) is 8.03. The minimum Gasteiger partial charge on any atom is -0.497 e. The number of ether oxygens (including phenoxy) is 1. The molecule has 1 aromatic rings. The molecule has 22 heavy (non-hydrogen) atoms. The molecule has 2 fully saturated rings. The van der Waals surface area contributed by atoms with Gasteiger partial charge in [0, 0.05) is 55.4 Å². The monoisotopic (exact) mass is 320 g/mol.